The van der Waals surface area contributed by atoms with Gasteiger partial charge in [-0.05, 0) is 83.9 Å². The normalized spacial score (nSPS) is 10.5. The average molecular weight is 412 g/mol. The molecule has 0 atom stereocenters. The minimum Gasteiger partial charge on any atom is -0.508 e. The molecule has 0 radical (unpaired) electrons. The molecule has 0 saturated heterocycles. The third-order valence-electron chi connectivity index (χ3n) is 4.81. The Hall–Kier alpha value is -4.12. The monoisotopic (exact) mass is 412 g/mol. The van der Waals surface area contributed by atoms with Crippen LogP contribution in [0.1, 0.15) is 11.1 Å². The van der Waals surface area contributed by atoms with Crippen molar-refractivity contribution in [3.63, 3.8) is 0 Å². The molecule has 0 saturated carbocycles. The standard InChI is InChI=1S/C26H24N2O3/c29-23-9-1-19(2-10-23)17-27-21-5-13-25(14-6-21)31-26-15-7-22(8-16-26)28-18-20-3-11-24(30)12-4-20/h1-16,27-30H,17-18H2. The van der Waals surface area contributed by atoms with Gasteiger partial charge in [-0.3, -0.25) is 0 Å². The van der Waals surface area contributed by atoms with Crippen LogP contribution in [-0.2, 0) is 13.1 Å². The van der Waals surface area contributed by atoms with E-state index < -0.39 is 0 Å². The number of ether oxygens (including phenoxy) is 1. The topological polar surface area (TPSA) is 73.8 Å². The van der Waals surface area contributed by atoms with Gasteiger partial charge in [0.2, 0.25) is 0 Å². The van der Waals surface area contributed by atoms with Gasteiger partial charge in [0.15, 0.2) is 0 Å². The summed E-state index contributed by atoms with van der Waals surface area (Å²) in [6.45, 7) is 1.36. The zero-order valence-electron chi connectivity index (χ0n) is 17.0. The second-order valence-corrected chi connectivity index (χ2v) is 7.19. The zero-order valence-corrected chi connectivity index (χ0v) is 17.0. The Bertz CT molecular complexity index is 1000. The van der Waals surface area contributed by atoms with Crippen molar-refractivity contribution in [3.05, 3.63) is 108 Å². The molecule has 0 aromatic heterocycles. The van der Waals surface area contributed by atoms with E-state index in [2.05, 4.69) is 10.6 Å². The second kappa shape index (κ2) is 9.59. The predicted molar refractivity (Wildman–Crippen MR) is 124 cm³/mol. The molecule has 0 amide bonds. The Morgan fingerprint density at radius 2 is 0.839 bits per heavy atom. The number of hydrogen-bond donors (Lipinski definition) is 4. The van der Waals surface area contributed by atoms with Crippen molar-refractivity contribution in [1.82, 2.24) is 0 Å². The summed E-state index contributed by atoms with van der Waals surface area (Å²) in [6, 6.07) is 29.9. The first kappa shape index (κ1) is 20.2. The van der Waals surface area contributed by atoms with Crippen molar-refractivity contribution < 1.29 is 14.9 Å². The van der Waals surface area contributed by atoms with Crippen LogP contribution in [0.4, 0.5) is 11.4 Å². The zero-order chi connectivity index (χ0) is 21.5. The van der Waals surface area contributed by atoms with Gasteiger partial charge >= 0.3 is 0 Å². The van der Waals surface area contributed by atoms with Crippen LogP contribution >= 0.6 is 0 Å². The Balaban J connectivity index is 1.27. The minimum atomic E-state index is 0.270. The molecule has 5 nitrogen and oxygen atoms in total. The lowest BCUT2D eigenvalue weighted by Gasteiger charge is -2.10. The largest absolute Gasteiger partial charge is 0.508 e. The Kier molecular flexibility index (Phi) is 6.24. The van der Waals surface area contributed by atoms with Crippen molar-refractivity contribution >= 4 is 11.4 Å². The summed E-state index contributed by atoms with van der Waals surface area (Å²) in [5, 5.41) is 25.4. The molecule has 0 aliphatic heterocycles. The van der Waals surface area contributed by atoms with Crippen molar-refractivity contribution in [2.45, 2.75) is 13.1 Å². The summed E-state index contributed by atoms with van der Waals surface area (Å²) in [7, 11) is 0. The van der Waals surface area contributed by atoms with Crippen LogP contribution in [0.3, 0.4) is 0 Å². The van der Waals surface area contributed by atoms with Gasteiger partial charge in [-0.1, -0.05) is 24.3 Å². The molecule has 31 heavy (non-hydrogen) atoms. The maximum absolute atomic E-state index is 9.35. The number of phenolic OH excluding ortho intramolecular Hbond substituents is 2. The van der Waals surface area contributed by atoms with Gasteiger partial charge < -0.3 is 25.6 Å². The molecule has 0 unspecified atom stereocenters. The fourth-order valence-electron chi connectivity index (χ4n) is 3.05. The van der Waals surface area contributed by atoms with Crippen LogP contribution in [0.25, 0.3) is 0 Å². The minimum absolute atomic E-state index is 0.270. The van der Waals surface area contributed by atoms with E-state index in [4.69, 9.17) is 4.74 Å². The highest BCUT2D eigenvalue weighted by Crippen LogP contribution is 2.25. The highest BCUT2D eigenvalue weighted by atomic mass is 16.5. The van der Waals surface area contributed by atoms with Gasteiger partial charge in [-0.15, -0.1) is 0 Å². The molecule has 0 bridgehead atoms. The molecule has 4 aromatic rings. The lowest BCUT2D eigenvalue weighted by molar-refractivity contribution is 0.474. The van der Waals surface area contributed by atoms with Gasteiger partial charge in [0.1, 0.15) is 23.0 Å². The molecule has 156 valence electrons. The lowest BCUT2D eigenvalue weighted by Crippen LogP contribution is -1.99. The molecule has 4 N–H and O–H groups in total. The number of benzene rings is 4. The molecular formula is C26H24N2O3. The number of phenols is 2. The summed E-state index contributed by atoms with van der Waals surface area (Å²) in [4.78, 5) is 0. The molecule has 0 aliphatic carbocycles. The summed E-state index contributed by atoms with van der Waals surface area (Å²) >= 11 is 0. The highest BCUT2D eigenvalue weighted by molar-refractivity contribution is 5.50. The maximum atomic E-state index is 9.35. The predicted octanol–water partition coefficient (Wildman–Crippen LogP) is 6.11. The number of rotatable bonds is 8. The highest BCUT2D eigenvalue weighted by Gasteiger charge is 2.01. The van der Waals surface area contributed by atoms with Gasteiger partial charge in [-0.25, -0.2) is 0 Å². The summed E-state index contributed by atoms with van der Waals surface area (Å²) in [5.74, 6) is 2.07. The summed E-state index contributed by atoms with van der Waals surface area (Å²) < 4.78 is 5.93. The van der Waals surface area contributed by atoms with Crippen LogP contribution < -0.4 is 15.4 Å². The van der Waals surface area contributed by atoms with E-state index in [1.54, 1.807) is 24.3 Å². The van der Waals surface area contributed by atoms with Crippen molar-refractivity contribution in [3.8, 4) is 23.0 Å². The van der Waals surface area contributed by atoms with Gasteiger partial charge in [-0.2, -0.15) is 0 Å². The summed E-state index contributed by atoms with van der Waals surface area (Å²) in [5.41, 5.74) is 4.18. The van der Waals surface area contributed by atoms with Gasteiger partial charge in [0, 0.05) is 24.5 Å². The SMILES string of the molecule is Oc1ccc(CNc2ccc(Oc3ccc(NCc4ccc(O)cc4)cc3)cc2)cc1. The van der Waals surface area contributed by atoms with Crippen molar-refractivity contribution in [1.29, 1.82) is 0 Å². The van der Waals surface area contributed by atoms with Crippen molar-refractivity contribution in [2.24, 2.45) is 0 Å². The first-order chi connectivity index (χ1) is 15.1. The molecule has 4 aromatic carbocycles. The molecule has 0 fully saturated rings. The van der Waals surface area contributed by atoms with E-state index in [0.717, 1.165) is 34.0 Å². The Morgan fingerprint density at radius 1 is 0.484 bits per heavy atom. The first-order valence-corrected chi connectivity index (χ1v) is 10.1. The van der Waals surface area contributed by atoms with E-state index in [0.29, 0.717) is 13.1 Å². The average Bonchev–Trinajstić information content (AvgIpc) is 2.80. The molecule has 0 heterocycles. The van der Waals surface area contributed by atoms with Crippen LogP contribution in [0.15, 0.2) is 97.1 Å². The number of aromatic hydroxyl groups is 2. The fraction of sp³-hybridized carbons (Fsp3) is 0.0769. The van der Waals surface area contributed by atoms with E-state index >= 15 is 0 Å². The quantitative estimate of drug-likeness (QED) is 0.281. The van der Waals surface area contributed by atoms with Crippen LogP contribution in [0, 0.1) is 0 Å². The number of anilines is 2. The molecule has 0 aliphatic rings. The number of nitrogens with one attached hydrogen (secondary N) is 2. The lowest BCUT2D eigenvalue weighted by atomic mass is 10.2. The van der Waals surface area contributed by atoms with Crippen LogP contribution in [0.2, 0.25) is 0 Å². The third kappa shape index (κ3) is 5.93. The van der Waals surface area contributed by atoms with E-state index in [-0.39, 0.29) is 11.5 Å². The Labute approximate surface area is 181 Å². The third-order valence-corrected chi connectivity index (χ3v) is 4.81. The van der Waals surface area contributed by atoms with E-state index in [9.17, 15) is 10.2 Å². The number of hydrogen-bond acceptors (Lipinski definition) is 5. The smallest absolute Gasteiger partial charge is 0.127 e. The molecular weight excluding hydrogens is 388 g/mol. The molecule has 0 spiro atoms. The van der Waals surface area contributed by atoms with Gasteiger partial charge in [0.05, 0.1) is 0 Å². The van der Waals surface area contributed by atoms with Crippen LogP contribution in [-0.4, -0.2) is 10.2 Å². The fourth-order valence-corrected chi connectivity index (χ4v) is 3.05. The van der Waals surface area contributed by atoms with E-state index in [1.807, 2.05) is 72.8 Å². The van der Waals surface area contributed by atoms with Crippen LogP contribution in [0.5, 0.6) is 23.0 Å². The first-order valence-electron chi connectivity index (χ1n) is 10.1. The second-order valence-electron chi connectivity index (χ2n) is 7.19. The molecule has 4 rings (SSSR count). The van der Waals surface area contributed by atoms with Crippen molar-refractivity contribution in [2.75, 3.05) is 10.6 Å². The Morgan fingerprint density at radius 3 is 1.19 bits per heavy atom. The maximum Gasteiger partial charge on any atom is 0.127 e. The van der Waals surface area contributed by atoms with E-state index in [1.165, 1.54) is 0 Å². The van der Waals surface area contributed by atoms with Gasteiger partial charge in [0.25, 0.3) is 0 Å². The summed E-state index contributed by atoms with van der Waals surface area (Å²) in [6.07, 6.45) is 0. The molecule has 5 heteroatoms.